The van der Waals surface area contributed by atoms with Crippen molar-refractivity contribution in [1.29, 1.82) is 0 Å². The van der Waals surface area contributed by atoms with E-state index >= 15 is 0 Å². The molecule has 0 spiro atoms. The Morgan fingerprint density at radius 3 is 2.00 bits per heavy atom. The highest BCUT2D eigenvalue weighted by Crippen LogP contribution is 2.18. The third-order valence-corrected chi connectivity index (χ3v) is 2.67. The van der Waals surface area contributed by atoms with Crippen molar-refractivity contribution in [1.82, 2.24) is 0 Å². The fourth-order valence-corrected chi connectivity index (χ4v) is 1.71. The number of hydrogen-bond donors (Lipinski definition) is 0. The van der Waals surface area contributed by atoms with Crippen molar-refractivity contribution in [2.45, 2.75) is 6.92 Å². The molecule has 86 valence electrons. The molecule has 2 aromatic rings. The minimum atomic E-state index is -0.359. The summed E-state index contributed by atoms with van der Waals surface area (Å²) in [5, 5.41) is 1.85. The molecule has 3 nitrogen and oxygen atoms in total. The van der Waals surface area contributed by atoms with Crippen LogP contribution in [0.2, 0.25) is 0 Å². The zero-order valence-corrected chi connectivity index (χ0v) is 9.69. The van der Waals surface area contributed by atoms with Crippen molar-refractivity contribution >= 4 is 22.5 Å². The van der Waals surface area contributed by atoms with Gasteiger partial charge in [0.25, 0.3) is 0 Å². The smallest absolute Gasteiger partial charge is 0.337 e. The predicted molar refractivity (Wildman–Crippen MR) is 65.3 cm³/mol. The molecule has 17 heavy (non-hydrogen) atoms. The summed E-state index contributed by atoms with van der Waals surface area (Å²) >= 11 is 0. The van der Waals surface area contributed by atoms with E-state index in [0.717, 1.165) is 10.8 Å². The van der Waals surface area contributed by atoms with Gasteiger partial charge < -0.3 is 4.74 Å². The lowest BCUT2D eigenvalue weighted by atomic mass is 10.0. The molecule has 0 N–H and O–H groups in total. The van der Waals surface area contributed by atoms with Gasteiger partial charge in [-0.25, -0.2) is 4.79 Å². The van der Waals surface area contributed by atoms with Crippen LogP contribution in [0.3, 0.4) is 0 Å². The number of carbonyl (C=O) groups is 2. The van der Waals surface area contributed by atoms with E-state index in [1.54, 1.807) is 18.2 Å². The molecule has 0 aliphatic heterocycles. The second-order valence-electron chi connectivity index (χ2n) is 3.82. The number of ketones is 1. The van der Waals surface area contributed by atoms with E-state index in [-0.39, 0.29) is 11.8 Å². The zero-order valence-electron chi connectivity index (χ0n) is 9.69. The normalized spacial score (nSPS) is 10.2. The van der Waals surface area contributed by atoms with E-state index < -0.39 is 0 Å². The van der Waals surface area contributed by atoms with Gasteiger partial charge in [0.05, 0.1) is 12.7 Å². The fourth-order valence-electron chi connectivity index (χ4n) is 1.71. The third-order valence-electron chi connectivity index (χ3n) is 2.67. The molecule has 0 saturated heterocycles. The van der Waals surface area contributed by atoms with Gasteiger partial charge in [-0.1, -0.05) is 18.2 Å². The first kappa shape index (κ1) is 11.3. The van der Waals surface area contributed by atoms with E-state index in [2.05, 4.69) is 4.74 Å². The van der Waals surface area contributed by atoms with Gasteiger partial charge in [-0.2, -0.15) is 0 Å². The standard InChI is InChI=1S/C14H12O3/c1-9(15)10-3-4-12-8-13(14(16)17-2)6-5-11(12)7-10/h3-8H,1-2H3. The Morgan fingerprint density at radius 1 is 0.941 bits per heavy atom. The Hall–Kier alpha value is -2.16. The maximum Gasteiger partial charge on any atom is 0.337 e. The maximum absolute atomic E-state index is 11.4. The summed E-state index contributed by atoms with van der Waals surface area (Å²) in [6.07, 6.45) is 0. The summed E-state index contributed by atoms with van der Waals surface area (Å²) in [6.45, 7) is 1.53. The minimum Gasteiger partial charge on any atom is -0.465 e. The molecule has 0 heterocycles. The van der Waals surface area contributed by atoms with Crippen LogP contribution < -0.4 is 0 Å². The van der Waals surface area contributed by atoms with Crippen LogP contribution in [-0.2, 0) is 4.74 Å². The number of esters is 1. The molecule has 0 atom stereocenters. The summed E-state index contributed by atoms with van der Waals surface area (Å²) in [4.78, 5) is 22.6. The molecular weight excluding hydrogens is 216 g/mol. The highest BCUT2D eigenvalue weighted by molar-refractivity contribution is 6.00. The maximum atomic E-state index is 11.4. The lowest BCUT2D eigenvalue weighted by molar-refractivity contribution is 0.0600. The van der Waals surface area contributed by atoms with E-state index in [9.17, 15) is 9.59 Å². The van der Waals surface area contributed by atoms with Crippen molar-refractivity contribution in [2.24, 2.45) is 0 Å². The van der Waals surface area contributed by atoms with Crippen LogP contribution in [0, 0.1) is 0 Å². The lowest BCUT2D eigenvalue weighted by Gasteiger charge is -2.03. The number of Topliss-reactive ketones (excluding diaryl/α,β-unsaturated/α-hetero) is 1. The average Bonchev–Trinajstić information content (AvgIpc) is 2.36. The molecule has 0 bridgehead atoms. The third kappa shape index (κ3) is 2.18. The zero-order chi connectivity index (χ0) is 12.4. The number of rotatable bonds is 2. The largest absolute Gasteiger partial charge is 0.465 e. The van der Waals surface area contributed by atoms with E-state index in [4.69, 9.17) is 0 Å². The molecule has 2 rings (SSSR count). The Kier molecular flexibility index (Phi) is 2.91. The van der Waals surface area contributed by atoms with Crippen molar-refractivity contribution in [2.75, 3.05) is 7.11 Å². The molecule has 0 radical (unpaired) electrons. The quantitative estimate of drug-likeness (QED) is 0.586. The first-order chi connectivity index (χ1) is 8.11. The summed E-state index contributed by atoms with van der Waals surface area (Å²) in [5.41, 5.74) is 1.18. The van der Waals surface area contributed by atoms with Crippen LogP contribution in [0.4, 0.5) is 0 Å². The summed E-state index contributed by atoms with van der Waals surface area (Å²) in [7, 11) is 1.35. The molecular formula is C14H12O3. The van der Waals surface area contributed by atoms with Crippen molar-refractivity contribution in [3.8, 4) is 0 Å². The molecule has 0 aromatic heterocycles. The van der Waals surface area contributed by atoms with Gasteiger partial charge in [-0.3, -0.25) is 4.79 Å². The van der Waals surface area contributed by atoms with E-state index in [1.165, 1.54) is 14.0 Å². The molecule has 0 saturated carbocycles. The highest BCUT2D eigenvalue weighted by atomic mass is 16.5. The molecule has 0 unspecified atom stereocenters. The van der Waals surface area contributed by atoms with Gasteiger partial charge in [-0.05, 0) is 35.9 Å². The number of benzene rings is 2. The van der Waals surface area contributed by atoms with Crippen LogP contribution >= 0.6 is 0 Å². The van der Waals surface area contributed by atoms with Crippen molar-refractivity contribution in [3.05, 3.63) is 47.5 Å². The molecule has 0 amide bonds. The van der Waals surface area contributed by atoms with Gasteiger partial charge in [-0.15, -0.1) is 0 Å². The van der Waals surface area contributed by atoms with Gasteiger partial charge >= 0.3 is 5.97 Å². The summed E-state index contributed by atoms with van der Waals surface area (Å²) in [5.74, 6) is -0.327. The summed E-state index contributed by atoms with van der Waals surface area (Å²) < 4.78 is 4.65. The van der Waals surface area contributed by atoms with Crippen LogP contribution in [0.25, 0.3) is 10.8 Å². The van der Waals surface area contributed by atoms with Gasteiger partial charge in [0.2, 0.25) is 0 Å². The van der Waals surface area contributed by atoms with Gasteiger partial charge in [0, 0.05) is 5.56 Å². The van der Waals surface area contributed by atoms with Crippen LogP contribution in [-0.4, -0.2) is 18.9 Å². The van der Waals surface area contributed by atoms with E-state index in [1.807, 2.05) is 18.2 Å². The number of fused-ring (bicyclic) bond motifs is 1. The minimum absolute atomic E-state index is 0.0314. The number of methoxy groups -OCH3 is 1. The summed E-state index contributed by atoms with van der Waals surface area (Å²) in [6, 6.07) is 10.7. The number of carbonyl (C=O) groups excluding carboxylic acids is 2. The fraction of sp³-hybridized carbons (Fsp3) is 0.143. The topological polar surface area (TPSA) is 43.4 Å². The Bertz CT molecular complexity index is 599. The van der Waals surface area contributed by atoms with Crippen LogP contribution in [0.1, 0.15) is 27.6 Å². The van der Waals surface area contributed by atoms with Crippen molar-refractivity contribution in [3.63, 3.8) is 0 Å². The second-order valence-corrected chi connectivity index (χ2v) is 3.82. The van der Waals surface area contributed by atoms with Crippen molar-refractivity contribution < 1.29 is 14.3 Å². The molecule has 2 aromatic carbocycles. The first-order valence-electron chi connectivity index (χ1n) is 5.25. The predicted octanol–water partition coefficient (Wildman–Crippen LogP) is 2.83. The first-order valence-corrected chi connectivity index (χ1v) is 5.25. The lowest BCUT2D eigenvalue weighted by Crippen LogP contribution is -2.00. The Labute approximate surface area is 99.0 Å². The second kappa shape index (κ2) is 4.37. The van der Waals surface area contributed by atoms with Crippen LogP contribution in [0.5, 0.6) is 0 Å². The highest BCUT2D eigenvalue weighted by Gasteiger charge is 2.06. The average molecular weight is 228 g/mol. The number of ether oxygens (including phenoxy) is 1. The molecule has 3 heteroatoms. The van der Waals surface area contributed by atoms with E-state index in [0.29, 0.717) is 11.1 Å². The van der Waals surface area contributed by atoms with Crippen LogP contribution in [0.15, 0.2) is 36.4 Å². The SMILES string of the molecule is COC(=O)c1ccc2cc(C(C)=O)ccc2c1. The monoisotopic (exact) mass is 228 g/mol. The van der Waals surface area contributed by atoms with Gasteiger partial charge in [0.1, 0.15) is 0 Å². The Morgan fingerprint density at radius 2 is 1.47 bits per heavy atom. The number of hydrogen-bond acceptors (Lipinski definition) is 3. The Balaban J connectivity index is 2.54. The molecule has 0 aliphatic rings. The van der Waals surface area contributed by atoms with Gasteiger partial charge in [0.15, 0.2) is 5.78 Å². The molecule has 0 aliphatic carbocycles. The molecule has 0 fully saturated rings.